The first-order valence-corrected chi connectivity index (χ1v) is 4.96. The SMILES string of the molecule is O=C1N[C@]2(O)C[C@@H]([C@@H]3CO[C@@H]2O3)[C@@H]1[N+](=O)[O-]. The third kappa shape index (κ3) is 1.11. The quantitative estimate of drug-likeness (QED) is 0.406. The van der Waals surface area contributed by atoms with E-state index in [9.17, 15) is 20.0 Å². The summed E-state index contributed by atoms with van der Waals surface area (Å²) in [5.41, 5.74) is -1.62. The molecule has 3 rings (SSSR count). The molecular weight excluding hydrogens is 220 g/mol. The Hall–Kier alpha value is -1.25. The van der Waals surface area contributed by atoms with Crippen LogP contribution in [0.15, 0.2) is 0 Å². The third-order valence-corrected chi connectivity index (χ3v) is 3.37. The monoisotopic (exact) mass is 230 g/mol. The van der Waals surface area contributed by atoms with Crippen LogP contribution in [0.5, 0.6) is 0 Å². The highest BCUT2D eigenvalue weighted by molar-refractivity contribution is 5.82. The van der Waals surface area contributed by atoms with Crippen molar-refractivity contribution in [2.24, 2.45) is 5.92 Å². The van der Waals surface area contributed by atoms with Crippen LogP contribution in [-0.4, -0.2) is 46.7 Å². The molecule has 16 heavy (non-hydrogen) atoms. The van der Waals surface area contributed by atoms with Gasteiger partial charge < -0.3 is 19.9 Å². The minimum Gasteiger partial charge on any atom is -0.366 e. The van der Waals surface area contributed by atoms with Gasteiger partial charge in [-0.25, -0.2) is 0 Å². The minimum atomic E-state index is -1.62. The van der Waals surface area contributed by atoms with Crippen molar-refractivity contribution < 1.29 is 24.3 Å². The normalized spacial score (nSPS) is 49.9. The number of aliphatic hydroxyl groups is 1. The number of rotatable bonds is 1. The molecule has 88 valence electrons. The van der Waals surface area contributed by atoms with Crippen molar-refractivity contribution in [1.82, 2.24) is 5.32 Å². The predicted octanol–water partition coefficient (Wildman–Crippen LogP) is -1.79. The molecular formula is C8H10N2O6. The number of hydrogen-bond acceptors (Lipinski definition) is 6. The van der Waals surface area contributed by atoms with Crippen LogP contribution < -0.4 is 5.32 Å². The first-order valence-electron chi connectivity index (χ1n) is 4.96. The molecule has 2 N–H and O–H groups in total. The summed E-state index contributed by atoms with van der Waals surface area (Å²) in [4.78, 5) is 21.7. The van der Waals surface area contributed by atoms with Gasteiger partial charge in [-0.15, -0.1) is 0 Å². The summed E-state index contributed by atoms with van der Waals surface area (Å²) in [6.45, 7) is 0.178. The van der Waals surface area contributed by atoms with Gasteiger partial charge in [-0.2, -0.15) is 0 Å². The minimum absolute atomic E-state index is 0.0969. The summed E-state index contributed by atoms with van der Waals surface area (Å²) in [6.07, 6.45) is -1.29. The van der Waals surface area contributed by atoms with Crippen molar-refractivity contribution in [1.29, 1.82) is 0 Å². The maximum Gasteiger partial charge on any atom is 0.297 e. The number of amides is 1. The molecule has 3 aliphatic rings. The Balaban J connectivity index is 1.99. The van der Waals surface area contributed by atoms with E-state index in [0.717, 1.165) is 0 Å². The Bertz CT molecular complexity index is 374. The molecule has 0 saturated carbocycles. The lowest BCUT2D eigenvalue weighted by molar-refractivity contribution is -0.526. The number of ether oxygens (including phenoxy) is 2. The molecule has 1 amide bonds. The van der Waals surface area contributed by atoms with Gasteiger partial charge in [-0.05, 0) is 0 Å². The molecule has 8 nitrogen and oxygen atoms in total. The van der Waals surface area contributed by atoms with Crippen molar-refractivity contribution in [2.75, 3.05) is 6.61 Å². The maximum atomic E-state index is 11.5. The van der Waals surface area contributed by atoms with Crippen molar-refractivity contribution in [3.63, 3.8) is 0 Å². The average Bonchev–Trinajstić information content (AvgIpc) is 2.60. The van der Waals surface area contributed by atoms with Crippen LogP contribution in [0.1, 0.15) is 6.42 Å². The Labute approximate surface area is 89.7 Å². The molecule has 3 heterocycles. The van der Waals surface area contributed by atoms with Gasteiger partial charge in [0.2, 0.25) is 6.29 Å². The molecule has 0 aromatic rings. The van der Waals surface area contributed by atoms with Crippen LogP contribution in [0.4, 0.5) is 0 Å². The maximum absolute atomic E-state index is 11.5. The van der Waals surface area contributed by atoms with Crippen LogP contribution in [0, 0.1) is 16.0 Å². The zero-order chi connectivity index (χ0) is 11.5. The van der Waals surface area contributed by atoms with Crippen molar-refractivity contribution in [2.45, 2.75) is 30.6 Å². The highest BCUT2D eigenvalue weighted by atomic mass is 16.7. The number of piperidine rings is 1. The molecule has 0 aliphatic carbocycles. The van der Waals surface area contributed by atoms with Gasteiger partial charge >= 0.3 is 0 Å². The zero-order valence-electron chi connectivity index (χ0n) is 8.16. The number of carbonyl (C=O) groups excluding carboxylic acids is 1. The largest absolute Gasteiger partial charge is 0.366 e. The van der Waals surface area contributed by atoms with Gasteiger partial charge in [0, 0.05) is 11.3 Å². The zero-order valence-corrected chi connectivity index (χ0v) is 8.16. The Morgan fingerprint density at radius 3 is 3.06 bits per heavy atom. The topological polar surface area (TPSA) is 111 Å². The molecule has 0 spiro atoms. The summed E-state index contributed by atoms with van der Waals surface area (Å²) in [5.74, 6) is -1.40. The van der Waals surface area contributed by atoms with E-state index >= 15 is 0 Å². The molecule has 5 atom stereocenters. The fourth-order valence-electron chi connectivity index (χ4n) is 2.64. The smallest absolute Gasteiger partial charge is 0.297 e. The summed E-state index contributed by atoms with van der Waals surface area (Å²) in [5, 5.41) is 23.1. The van der Waals surface area contributed by atoms with E-state index < -0.39 is 40.9 Å². The van der Waals surface area contributed by atoms with E-state index in [-0.39, 0.29) is 13.0 Å². The first-order chi connectivity index (χ1) is 7.51. The van der Waals surface area contributed by atoms with E-state index in [4.69, 9.17) is 9.47 Å². The van der Waals surface area contributed by atoms with E-state index in [0.29, 0.717) is 0 Å². The van der Waals surface area contributed by atoms with Crippen LogP contribution in [-0.2, 0) is 14.3 Å². The number of carbonyl (C=O) groups is 1. The molecule has 3 saturated heterocycles. The molecule has 0 aromatic carbocycles. The van der Waals surface area contributed by atoms with Crippen LogP contribution >= 0.6 is 0 Å². The third-order valence-electron chi connectivity index (χ3n) is 3.37. The number of nitro groups is 1. The van der Waals surface area contributed by atoms with Gasteiger partial charge in [0.05, 0.1) is 18.6 Å². The lowest BCUT2D eigenvalue weighted by atomic mass is 9.80. The number of nitrogens with zero attached hydrogens (tertiary/aromatic N) is 1. The van der Waals surface area contributed by atoms with Gasteiger partial charge in [-0.1, -0.05) is 0 Å². The van der Waals surface area contributed by atoms with Gasteiger partial charge in [0.25, 0.3) is 11.9 Å². The van der Waals surface area contributed by atoms with Gasteiger partial charge in [0.15, 0.2) is 5.72 Å². The van der Waals surface area contributed by atoms with Crippen LogP contribution in [0.3, 0.4) is 0 Å². The number of nitrogens with one attached hydrogen (secondary N) is 1. The summed E-state index contributed by atoms with van der Waals surface area (Å²) < 4.78 is 10.5. The molecule has 3 aliphatic heterocycles. The van der Waals surface area contributed by atoms with Crippen molar-refractivity contribution in [3.05, 3.63) is 10.1 Å². The molecule has 4 bridgehead atoms. The molecule has 0 unspecified atom stereocenters. The summed E-state index contributed by atoms with van der Waals surface area (Å²) in [6, 6.07) is -1.37. The molecule has 0 radical (unpaired) electrons. The van der Waals surface area contributed by atoms with Gasteiger partial charge in [-0.3, -0.25) is 14.9 Å². The Kier molecular flexibility index (Phi) is 1.80. The van der Waals surface area contributed by atoms with Gasteiger partial charge in [0.1, 0.15) is 0 Å². The number of hydrogen-bond donors (Lipinski definition) is 2. The summed E-state index contributed by atoms with van der Waals surface area (Å²) in [7, 11) is 0. The van der Waals surface area contributed by atoms with E-state index in [1.54, 1.807) is 0 Å². The molecule has 8 heteroatoms. The van der Waals surface area contributed by atoms with Crippen LogP contribution in [0.25, 0.3) is 0 Å². The fourth-order valence-corrected chi connectivity index (χ4v) is 2.64. The number of fused-ring (bicyclic) bond motifs is 6. The Morgan fingerprint density at radius 1 is 1.62 bits per heavy atom. The van der Waals surface area contributed by atoms with E-state index in [2.05, 4.69) is 5.32 Å². The summed E-state index contributed by atoms with van der Waals surface area (Å²) >= 11 is 0. The highest BCUT2D eigenvalue weighted by Gasteiger charge is 2.63. The van der Waals surface area contributed by atoms with Crippen molar-refractivity contribution >= 4 is 5.91 Å². The van der Waals surface area contributed by atoms with E-state index in [1.807, 2.05) is 0 Å². The second-order valence-corrected chi connectivity index (χ2v) is 4.35. The fraction of sp³-hybridized carbons (Fsp3) is 0.875. The molecule has 0 aromatic heterocycles. The lowest BCUT2D eigenvalue weighted by Gasteiger charge is -2.44. The van der Waals surface area contributed by atoms with E-state index in [1.165, 1.54) is 0 Å². The van der Waals surface area contributed by atoms with Crippen molar-refractivity contribution in [3.8, 4) is 0 Å². The first kappa shape index (κ1) is 9.94. The standard InChI is InChI=1S/C8H10N2O6/c11-6-5(10(13)14)3-1-8(12,9-6)7-15-2-4(3)16-7/h3-5,7,12H,1-2H2,(H,9,11)/t3-,4-,5-,7+,8-/m0/s1. The predicted molar refractivity (Wildman–Crippen MR) is 46.6 cm³/mol. The lowest BCUT2D eigenvalue weighted by Crippen LogP contribution is -2.70. The second-order valence-electron chi connectivity index (χ2n) is 4.35. The average molecular weight is 230 g/mol. The highest BCUT2D eigenvalue weighted by Crippen LogP contribution is 2.42. The van der Waals surface area contributed by atoms with Crippen LogP contribution in [0.2, 0.25) is 0 Å². The molecule has 3 fully saturated rings. The second kappa shape index (κ2) is 2.90. The Morgan fingerprint density at radius 2 is 2.38 bits per heavy atom.